The highest BCUT2D eigenvalue weighted by Crippen LogP contribution is 2.04. The molecule has 6 heteroatoms. The fourth-order valence-electron chi connectivity index (χ4n) is 2.06. The topological polar surface area (TPSA) is 75.2 Å². The van der Waals surface area contributed by atoms with Gasteiger partial charge >= 0.3 is 0 Å². The van der Waals surface area contributed by atoms with Gasteiger partial charge in [0, 0.05) is 38.4 Å². The molecule has 0 aromatic carbocycles. The van der Waals surface area contributed by atoms with Crippen LogP contribution >= 0.6 is 0 Å². The lowest BCUT2D eigenvalue weighted by Crippen LogP contribution is -2.36. The van der Waals surface area contributed by atoms with Crippen LogP contribution in [-0.4, -0.2) is 46.3 Å². The largest absolute Gasteiger partial charge is 0.356 e. The Morgan fingerprint density at radius 3 is 2.65 bits per heavy atom. The zero-order chi connectivity index (χ0) is 17.1. The predicted molar refractivity (Wildman–Crippen MR) is 89.9 cm³/mol. The van der Waals surface area contributed by atoms with Crippen LogP contribution in [0.3, 0.4) is 0 Å². The summed E-state index contributed by atoms with van der Waals surface area (Å²) in [7, 11) is 0. The molecule has 128 valence electrons. The van der Waals surface area contributed by atoms with E-state index in [9.17, 15) is 9.59 Å². The summed E-state index contributed by atoms with van der Waals surface area (Å²) in [6.45, 7) is 8.04. The van der Waals surface area contributed by atoms with E-state index in [2.05, 4.69) is 36.1 Å². The maximum absolute atomic E-state index is 12.5. The van der Waals surface area contributed by atoms with Crippen molar-refractivity contribution in [2.45, 2.75) is 46.5 Å². The average molecular weight is 320 g/mol. The van der Waals surface area contributed by atoms with Crippen LogP contribution in [0.4, 0.5) is 0 Å². The van der Waals surface area contributed by atoms with Gasteiger partial charge in [-0.15, -0.1) is 0 Å². The van der Waals surface area contributed by atoms with Crippen LogP contribution in [0.15, 0.2) is 18.6 Å². The zero-order valence-electron chi connectivity index (χ0n) is 14.4. The summed E-state index contributed by atoms with van der Waals surface area (Å²) in [4.78, 5) is 34.0. The van der Waals surface area contributed by atoms with Crippen molar-refractivity contribution >= 4 is 11.8 Å². The summed E-state index contributed by atoms with van der Waals surface area (Å²) >= 11 is 0. The van der Waals surface area contributed by atoms with E-state index < -0.39 is 0 Å². The van der Waals surface area contributed by atoms with Gasteiger partial charge in [0.1, 0.15) is 5.69 Å². The first kappa shape index (κ1) is 19.1. The van der Waals surface area contributed by atoms with E-state index in [1.165, 1.54) is 18.6 Å². The maximum atomic E-state index is 12.5. The third-order valence-electron chi connectivity index (χ3n) is 3.50. The number of carbonyl (C=O) groups is 2. The highest BCUT2D eigenvalue weighted by molar-refractivity contribution is 5.92. The summed E-state index contributed by atoms with van der Waals surface area (Å²) in [5.41, 5.74) is 0.323. The second-order valence-corrected chi connectivity index (χ2v) is 6.02. The van der Waals surface area contributed by atoms with Crippen molar-refractivity contribution in [2.24, 2.45) is 5.92 Å². The first-order chi connectivity index (χ1) is 11.0. The molecule has 6 nitrogen and oxygen atoms in total. The lowest BCUT2D eigenvalue weighted by molar-refractivity contribution is -0.121. The van der Waals surface area contributed by atoms with Gasteiger partial charge in [0.05, 0.1) is 6.20 Å². The lowest BCUT2D eigenvalue weighted by atomic mass is 10.1. The van der Waals surface area contributed by atoms with Gasteiger partial charge in [-0.3, -0.25) is 14.6 Å². The Labute approximate surface area is 138 Å². The molecule has 0 spiro atoms. The molecule has 1 N–H and O–H groups in total. The minimum Gasteiger partial charge on any atom is -0.356 e. The summed E-state index contributed by atoms with van der Waals surface area (Å²) in [6, 6.07) is 0. The lowest BCUT2D eigenvalue weighted by Gasteiger charge is -2.21. The highest BCUT2D eigenvalue weighted by atomic mass is 16.2. The molecule has 0 radical (unpaired) electrons. The molecule has 23 heavy (non-hydrogen) atoms. The van der Waals surface area contributed by atoms with E-state index in [0.717, 1.165) is 19.3 Å². The Morgan fingerprint density at radius 1 is 1.26 bits per heavy atom. The Bertz CT molecular complexity index is 477. The monoisotopic (exact) mass is 320 g/mol. The molecule has 0 aliphatic carbocycles. The Balaban J connectivity index is 2.51. The van der Waals surface area contributed by atoms with Crippen molar-refractivity contribution in [3.05, 3.63) is 24.3 Å². The van der Waals surface area contributed by atoms with Crippen LogP contribution in [0.5, 0.6) is 0 Å². The smallest absolute Gasteiger partial charge is 0.274 e. The van der Waals surface area contributed by atoms with Gasteiger partial charge in [-0.2, -0.15) is 0 Å². The molecule has 2 amide bonds. The van der Waals surface area contributed by atoms with E-state index in [0.29, 0.717) is 37.7 Å². The number of unbranched alkanes of at least 4 members (excludes halogenated alkanes) is 1. The van der Waals surface area contributed by atoms with Crippen molar-refractivity contribution < 1.29 is 9.59 Å². The van der Waals surface area contributed by atoms with Crippen molar-refractivity contribution in [1.82, 2.24) is 20.2 Å². The molecule has 1 aromatic rings. The Hall–Kier alpha value is -1.98. The third-order valence-corrected chi connectivity index (χ3v) is 3.50. The molecule has 1 aromatic heterocycles. The van der Waals surface area contributed by atoms with Crippen LogP contribution in [0.1, 0.15) is 56.9 Å². The molecule has 1 heterocycles. The maximum Gasteiger partial charge on any atom is 0.274 e. The van der Waals surface area contributed by atoms with Crippen LogP contribution in [-0.2, 0) is 4.79 Å². The quantitative estimate of drug-likeness (QED) is 0.717. The normalized spacial score (nSPS) is 10.6. The second-order valence-electron chi connectivity index (χ2n) is 6.02. The third kappa shape index (κ3) is 7.72. The molecular formula is C17H28N4O2. The number of nitrogens with one attached hydrogen (secondary N) is 1. The standard InChI is InChI=1S/C17H28N4O2/c1-4-5-11-21(17(23)15-13-18-9-10-19-15)12-7-16(22)20-8-6-14(2)3/h9-10,13-14H,4-8,11-12H2,1-3H3,(H,20,22). The molecule has 0 atom stereocenters. The molecule has 0 fully saturated rings. The molecule has 0 bridgehead atoms. The Morgan fingerprint density at radius 2 is 2.04 bits per heavy atom. The van der Waals surface area contributed by atoms with Gasteiger partial charge in [-0.05, 0) is 18.8 Å². The summed E-state index contributed by atoms with van der Waals surface area (Å²) in [6.07, 6.45) is 7.67. The molecule has 1 rings (SSSR count). The number of aromatic nitrogens is 2. The van der Waals surface area contributed by atoms with Crippen molar-refractivity contribution in [3.63, 3.8) is 0 Å². The summed E-state index contributed by atoms with van der Waals surface area (Å²) in [5, 5.41) is 2.90. The van der Waals surface area contributed by atoms with Gasteiger partial charge in [0.15, 0.2) is 0 Å². The van der Waals surface area contributed by atoms with Gasteiger partial charge in [-0.1, -0.05) is 27.2 Å². The van der Waals surface area contributed by atoms with Crippen LogP contribution in [0.25, 0.3) is 0 Å². The first-order valence-electron chi connectivity index (χ1n) is 8.36. The van der Waals surface area contributed by atoms with E-state index in [4.69, 9.17) is 0 Å². The van der Waals surface area contributed by atoms with Crippen LogP contribution in [0.2, 0.25) is 0 Å². The van der Waals surface area contributed by atoms with Gasteiger partial charge in [0.2, 0.25) is 5.91 Å². The number of rotatable bonds is 10. The molecule has 0 unspecified atom stereocenters. The van der Waals surface area contributed by atoms with E-state index in [-0.39, 0.29) is 11.8 Å². The SMILES string of the molecule is CCCCN(CCC(=O)NCCC(C)C)C(=O)c1cnccn1. The fraction of sp³-hybridized carbons (Fsp3) is 0.647. The number of amides is 2. The fourth-order valence-corrected chi connectivity index (χ4v) is 2.06. The number of nitrogens with zero attached hydrogens (tertiary/aromatic N) is 3. The van der Waals surface area contributed by atoms with Crippen LogP contribution in [0, 0.1) is 5.92 Å². The molecule has 0 saturated heterocycles. The van der Waals surface area contributed by atoms with Crippen molar-refractivity contribution in [1.29, 1.82) is 0 Å². The molecule has 0 aliphatic rings. The van der Waals surface area contributed by atoms with Gasteiger partial charge in [-0.25, -0.2) is 4.98 Å². The second kappa shape index (κ2) is 10.7. The minimum atomic E-state index is -0.165. The number of hydrogen-bond acceptors (Lipinski definition) is 4. The molecular weight excluding hydrogens is 292 g/mol. The van der Waals surface area contributed by atoms with Gasteiger partial charge in [0.25, 0.3) is 5.91 Å². The van der Waals surface area contributed by atoms with Gasteiger partial charge < -0.3 is 10.2 Å². The molecule has 0 saturated carbocycles. The van der Waals surface area contributed by atoms with E-state index in [1.54, 1.807) is 4.90 Å². The Kier molecular flexibility index (Phi) is 8.87. The predicted octanol–water partition coefficient (Wildman–Crippen LogP) is 2.27. The summed E-state index contributed by atoms with van der Waals surface area (Å²) < 4.78 is 0. The van der Waals surface area contributed by atoms with Crippen molar-refractivity contribution in [2.75, 3.05) is 19.6 Å². The zero-order valence-corrected chi connectivity index (χ0v) is 14.4. The summed E-state index contributed by atoms with van der Waals surface area (Å²) in [5.74, 6) is 0.384. The van der Waals surface area contributed by atoms with Crippen LogP contribution < -0.4 is 5.32 Å². The molecule has 0 aliphatic heterocycles. The number of hydrogen-bond donors (Lipinski definition) is 1. The highest BCUT2D eigenvalue weighted by Gasteiger charge is 2.17. The average Bonchev–Trinajstić information content (AvgIpc) is 2.55. The minimum absolute atomic E-state index is 0.0147. The van der Waals surface area contributed by atoms with E-state index >= 15 is 0 Å². The van der Waals surface area contributed by atoms with Crippen molar-refractivity contribution in [3.8, 4) is 0 Å². The van der Waals surface area contributed by atoms with E-state index in [1.807, 2.05) is 0 Å². The first-order valence-corrected chi connectivity index (χ1v) is 8.36. The number of carbonyl (C=O) groups excluding carboxylic acids is 2.